The van der Waals surface area contributed by atoms with E-state index in [-0.39, 0.29) is 36.0 Å². The van der Waals surface area contributed by atoms with Crippen molar-refractivity contribution in [2.75, 3.05) is 11.1 Å². The highest BCUT2D eigenvalue weighted by atomic mass is 32.2. The molecule has 1 amide bonds. The topological polar surface area (TPSA) is 80.3 Å². The summed E-state index contributed by atoms with van der Waals surface area (Å²) in [7, 11) is -3.30. The summed E-state index contributed by atoms with van der Waals surface area (Å²) in [6, 6.07) is 23.1. The van der Waals surface area contributed by atoms with Crippen molar-refractivity contribution < 1.29 is 18.0 Å². The van der Waals surface area contributed by atoms with Crippen molar-refractivity contribution in [1.29, 1.82) is 0 Å². The molecule has 3 aromatic rings. The van der Waals surface area contributed by atoms with E-state index >= 15 is 0 Å². The number of aryl methyl sites for hydroxylation is 1. The molecule has 0 atom stereocenters. The smallest absolute Gasteiger partial charge is 0.224 e. The number of carbonyl (C=O) groups excluding carboxylic acids is 2. The van der Waals surface area contributed by atoms with Crippen molar-refractivity contribution in [2.24, 2.45) is 0 Å². The summed E-state index contributed by atoms with van der Waals surface area (Å²) in [6.45, 7) is 1.88. The Labute approximate surface area is 183 Å². The molecule has 0 fully saturated rings. The highest BCUT2D eigenvalue weighted by Crippen LogP contribution is 2.22. The molecule has 6 heteroatoms. The maximum absolute atomic E-state index is 12.9. The van der Waals surface area contributed by atoms with Gasteiger partial charge < -0.3 is 5.32 Å². The first kappa shape index (κ1) is 22.4. The van der Waals surface area contributed by atoms with Crippen molar-refractivity contribution in [3.63, 3.8) is 0 Å². The zero-order chi connectivity index (χ0) is 22.3. The Bertz CT molecular complexity index is 1160. The molecule has 31 heavy (non-hydrogen) atoms. The van der Waals surface area contributed by atoms with E-state index in [1.54, 1.807) is 60.7 Å². The normalized spacial score (nSPS) is 11.1. The van der Waals surface area contributed by atoms with Gasteiger partial charge in [0.2, 0.25) is 5.91 Å². The molecule has 0 bridgehead atoms. The van der Waals surface area contributed by atoms with Gasteiger partial charge in [0, 0.05) is 17.5 Å². The van der Waals surface area contributed by atoms with E-state index in [2.05, 4.69) is 5.32 Å². The van der Waals surface area contributed by atoms with E-state index in [4.69, 9.17) is 0 Å². The number of sulfone groups is 1. The summed E-state index contributed by atoms with van der Waals surface area (Å²) in [5.74, 6) is -0.603. The number of anilines is 1. The molecule has 0 unspecified atom stereocenters. The number of benzene rings is 3. The molecule has 0 aliphatic rings. The Morgan fingerprint density at radius 2 is 1.52 bits per heavy atom. The van der Waals surface area contributed by atoms with E-state index in [1.165, 1.54) is 0 Å². The van der Waals surface area contributed by atoms with Crippen LogP contribution in [0.25, 0.3) is 0 Å². The summed E-state index contributed by atoms with van der Waals surface area (Å²) in [6.07, 6.45) is 0.274. The van der Waals surface area contributed by atoms with Gasteiger partial charge in [0.25, 0.3) is 0 Å². The quantitative estimate of drug-likeness (QED) is 0.500. The van der Waals surface area contributed by atoms with Gasteiger partial charge in [-0.05, 0) is 31.0 Å². The van der Waals surface area contributed by atoms with Crippen LogP contribution in [0.3, 0.4) is 0 Å². The highest BCUT2D eigenvalue weighted by Gasteiger charge is 2.17. The lowest BCUT2D eigenvalue weighted by Crippen LogP contribution is -2.17. The number of carbonyl (C=O) groups is 2. The SMILES string of the molecule is Cc1ccc(NC(=O)CCCS(=O)(=O)Cc2ccccc2)c(C(=O)c2ccccc2)c1. The minimum absolute atomic E-state index is 0.0385. The van der Waals surface area contributed by atoms with Gasteiger partial charge in [0.15, 0.2) is 15.6 Å². The molecule has 3 aromatic carbocycles. The van der Waals surface area contributed by atoms with Crippen molar-refractivity contribution in [3.8, 4) is 0 Å². The van der Waals surface area contributed by atoms with E-state index in [9.17, 15) is 18.0 Å². The van der Waals surface area contributed by atoms with Crippen molar-refractivity contribution in [1.82, 2.24) is 0 Å². The molecule has 0 saturated heterocycles. The van der Waals surface area contributed by atoms with E-state index in [1.807, 2.05) is 25.1 Å². The maximum Gasteiger partial charge on any atom is 0.224 e. The second-order valence-corrected chi connectivity index (χ2v) is 9.66. The summed E-state index contributed by atoms with van der Waals surface area (Å²) >= 11 is 0. The molecule has 0 aliphatic carbocycles. The fourth-order valence-corrected chi connectivity index (χ4v) is 4.69. The van der Waals surface area contributed by atoms with Crippen LogP contribution in [0.15, 0.2) is 78.9 Å². The van der Waals surface area contributed by atoms with Gasteiger partial charge in [-0.15, -0.1) is 0 Å². The summed E-state index contributed by atoms with van der Waals surface area (Å²) in [5.41, 5.74) is 3.02. The second kappa shape index (κ2) is 10.2. The van der Waals surface area contributed by atoms with Gasteiger partial charge in [-0.2, -0.15) is 0 Å². The van der Waals surface area contributed by atoms with E-state index in [0.717, 1.165) is 11.1 Å². The first-order valence-electron chi connectivity index (χ1n) is 10.1. The van der Waals surface area contributed by atoms with Crippen LogP contribution in [0.2, 0.25) is 0 Å². The summed E-state index contributed by atoms with van der Waals surface area (Å²) in [4.78, 5) is 25.3. The molecule has 0 spiro atoms. The van der Waals surface area contributed by atoms with Crippen LogP contribution in [-0.4, -0.2) is 25.9 Å². The molecule has 0 heterocycles. The lowest BCUT2D eigenvalue weighted by atomic mass is 9.99. The third-order valence-corrected chi connectivity index (χ3v) is 6.50. The third kappa shape index (κ3) is 6.62. The maximum atomic E-state index is 12.9. The molecule has 0 saturated carbocycles. The average molecular weight is 436 g/mol. The van der Waals surface area contributed by atoms with Gasteiger partial charge in [-0.1, -0.05) is 72.3 Å². The minimum Gasteiger partial charge on any atom is -0.325 e. The molecule has 0 radical (unpaired) electrons. The molecular weight excluding hydrogens is 410 g/mol. The van der Waals surface area contributed by atoms with Crippen LogP contribution in [0.5, 0.6) is 0 Å². The lowest BCUT2D eigenvalue weighted by Gasteiger charge is -2.12. The number of amides is 1. The predicted octanol–water partition coefficient (Wildman–Crippen LogP) is 4.56. The number of ketones is 1. The Kier molecular flexibility index (Phi) is 7.36. The molecule has 0 aliphatic heterocycles. The van der Waals surface area contributed by atoms with Crippen LogP contribution in [0, 0.1) is 6.92 Å². The first-order valence-corrected chi connectivity index (χ1v) is 11.9. The number of hydrogen-bond acceptors (Lipinski definition) is 4. The standard InChI is InChI=1S/C25H25NO4S/c1-19-14-15-23(22(17-19)25(28)21-11-6-3-7-12-21)26-24(27)13-8-16-31(29,30)18-20-9-4-2-5-10-20/h2-7,9-12,14-15,17H,8,13,16,18H2,1H3,(H,26,27). The monoisotopic (exact) mass is 435 g/mol. The van der Waals surface area contributed by atoms with Crippen molar-refractivity contribution >= 4 is 27.2 Å². The predicted molar refractivity (Wildman–Crippen MR) is 123 cm³/mol. The van der Waals surface area contributed by atoms with Crippen LogP contribution < -0.4 is 5.32 Å². The Hall–Kier alpha value is -3.25. The fourth-order valence-electron chi connectivity index (χ4n) is 3.27. The van der Waals surface area contributed by atoms with Gasteiger partial charge >= 0.3 is 0 Å². The number of rotatable bonds is 9. The highest BCUT2D eigenvalue weighted by molar-refractivity contribution is 7.90. The Morgan fingerprint density at radius 1 is 0.871 bits per heavy atom. The number of hydrogen-bond donors (Lipinski definition) is 1. The third-order valence-electron chi connectivity index (χ3n) is 4.82. The average Bonchev–Trinajstić information content (AvgIpc) is 2.75. The molecule has 5 nitrogen and oxygen atoms in total. The Morgan fingerprint density at radius 3 is 2.19 bits per heavy atom. The van der Waals surface area contributed by atoms with Gasteiger partial charge in [-0.3, -0.25) is 9.59 Å². The van der Waals surface area contributed by atoms with Crippen molar-refractivity contribution in [3.05, 3.63) is 101 Å². The zero-order valence-electron chi connectivity index (χ0n) is 17.4. The van der Waals surface area contributed by atoms with Gasteiger partial charge in [0.1, 0.15) is 0 Å². The van der Waals surface area contributed by atoms with Crippen LogP contribution in [0.4, 0.5) is 5.69 Å². The molecule has 0 aromatic heterocycles. The van der Waals surface area contributed by atoms with E-state index < -0.39 is 9.84 Å². The summed E-state index contributed by atoms with van der Waals surface area (Å²) < 4.78 is 24.6. The van der Waals surface area contributed by atoms with Gasteiger partial charge in [-0.25, -0.2) is 8.42 Å². The van der Waals surface area contributed by atoms with Crippen LogP contribution in [0.1, 0.15) is 39.9 Å². The van der Waals surface area contributed by atoms with Gasteiger partial charge in [0.05, 0.1) is 17.2 Å². The van der Waals surface area contributed by atoms with E-state index in [0.29, 0.717) is 16.8 Å². The first-order chi connectivity index (χ1) is 14.8. The minimum atomic E-state index is -3.30. The fraction of sp³-hybridized carbons (Fsp3) is 0.200. The Balaban J connectivity index is 1.61. The largest absolute Gasteiger partial charge is 0.325 e. The number of nitrogens with one attached hydrogen (secondary N) is 1. The second-order valence-electron chi connectivity index (χ2n) is 7.47. The zero-order valence-corrected chi connectivity index (χ0v) is 18.2. The molecule has 3 rings (SSSR count). The molecular formula is C25H25NO4S. The molecule has 1 N–H and O–H groups in total. The van der Waals surface area contributed by atoms with Crippen molar-refractivity contribution in [2.45, 2.75) is 25.5 Å². The summed E-state index contributed by atoms with van der Waals surface area (Å²) in [5, 5.41) is 2.77. The molecule has 160 valence electrons. The van der Waals surface area contributed by atoms with Crippen LogP contribution >= 0.6 is 0 Å². The lowest BCUT2D eigenvalue weighted by molar-refractivity contribution is -0.116. The van der Waals surface area contributed by atoms with Crippen LogP contribution in [-0.2, 0) is 20.4 Å².